The van der Waals surface area contributed by atoms with Crippen molar-refractivity contribution < 1.29 is 4.79 Å². The third kappa shape index (κ3) is 4.36. The standard InChI is InChI=1S/C23H20N6O2/c1-16-4-2-6-18(10-16)14-28-15-26-21-20(23(28)31)13-27-29(21)9-8-25-22(30)19-7-3-5-17(11-19)12-24/h2-7,10-11,13,15H,8-9,14H2,1H3,(H,25,30). The van der Waals surface area contributed by atoms with E-state index in [1.165, 1.54) is 18.6 Å². The Balaban J connectivity index is 1.45. The summed E-state index contributed by atoms with van der Waals surface area (Å²) < 4.78 is 3.16. The number of hydrogen-bond acceptors (Lipinski definition) is 5. The number of benzene rings is 2. The first-order valence-corrected chi connectivity index (χ1v) is 9.80. The molecule has 31 heavy (non-hydrogen) atoms. The number of amides is 1. The smallest absolute Gasteiger partial charge is 0.264 e. The van der Waals surface area contributed by atoms with Gasteiger partial charge in [-0.1, -0.05) is 35.9 Å². The summed E-state index contributed by atoms with van der Waals surface area (Å²) >= 11 is 0. The summed E-state index contributed by atoms with van der Waals surface area (Å²) in [4.78, 5) is 29.5. The predicted molar refractivity (Wildman–Crippen MR) is 116 cm³/mol. The van der Waals surface area contributed by atoms with Gasteiger partial charge in [0.2, 0.25) is 0 Å². The van der Waals surface area contributed by atoms with Crippen molar-refractivity contribution in [3.8, 4) is 6.07 Å². The number of carbonyl (C=O) groups excluding carboxylic acids is 1. The maximum atomic E-state index is 12.8. The molecule has 0 spiro atoms. The normalized spacial score (nSPS) is 10.7. The minimum absolute atomic E-state index is 0.157. The average molecular weight is 412 g/mol. The minimum atomic E-state index is -0.276. The molecule has 0 bridgehead atoms. The lowest BCUT2D eigenvalue weighted by atomic mass is 10.1. The summed E-state index contributed by atoms with van der Waals surface area (Å²) in [6.45, 7) is 3.12. The largest absolute Gasteiger partial charge is 0.350 e. The second-order valence-electron chi connectivity index (χ2n) is 7.22. The van der Waals surface area contributed by atoms with Crippen molar-refractivity contribution >= 4 is 16.9 Å². The zero-order valence-electron chi connectivity index (χ0n) is 16.9. The third-order valence-corrected chi connectivity index (χ3v) is 4.92. The van der Waals surface area contributed by atoms with Crippen molar-refractivity contribution in [3.63, 3.8) is 0 Å². The highest BCUT2D eigenvalue weighted by Gasteiger charge is 2.11. The summed E-state index contributed by atoms with van der Waals surface area (Å²) in [5.74, 6) is -0.276. The maximum absolute atomic E-state index is 12.8. The van der Waals surface area contributed by atoms with Gasteiger partial charge in [-0.2, -0.15) is 10.4 Å². The van der Waals surface area contributed by atoms with Crippen LogP contribution in [0.15, 0.2) is 65.8 Å². The number of nitrogens with zero attached hydrogens (tertiary/aromatic N) is 5. The van der Waals surface area contributed by atoms with Crippen molar-refractivity contribution in [1.82, 2.24) is 24.6 Å². The monoisotopic (exact) mass is 412 g/mol. The fraction of sp³-hybridized carbons (Fsp3) is 0.174. The van der Waals surface area contributed by atoms with Gasteiger partial charge in [0.25, 0.3) is 11.5 Å². The number of nitrogens with one attached hydrogen (secondary N) is 1. The lowest BCUT2D eigenvalue weighted by molar-refractivity contribution is 0.0952. The second kappa shape index (κ2) is 8.63. The second-order valence-corrected chi connectivity index (χ2v) is 7.22. The summed E-state index contributed by atoms with van der Waals surface area (Å²) in [6.07, 6.45) is 3.03. The Bertz CT molecular complexity index is 1360. The topological polar surface area (TPSA) is 106 Å². The summed E-state index contributed by atoms with van der Waals surface area (Å²) in [7, 11) is 0. The Labute approximate surface area is 178 Å². The number of nitriles is 1. The summed E-state index contributed by atoms with van der Waals surface area (Å²) in [6, 6.07) is 16.5. The Morgan fingerprint density at radius 2 is 2.03 bits per heavy atom. The molecule has 0 saturated carbocycles. The minimum Gasteiger partial charge on any atom is -0.350 e. The Hall–Kier alpha value is -4.25. The third-order valence-electron chi connectivity index (χ3n) is 4.92. The van der Waals surface area contributed by atoms with Crippen LogP contribution in [-0.2, 0) is 13.1 Å². The first-order chi connectivity index (χ1) is 15.0. The molecule has 0 atom stereocenters. The van der Waals surface area contributed by atoms with Gasteiger partial charge in [0, 0.05) is 12.1 Å². The Morgan fingerprint density at radius 1 is 1.19 bits per heavy atom. The van der Waals surface area contributed by atoms with Gasteiger partial charge in [-0.05, 0) is 30.7 Å². The van der Waals surface area contributed by atoms with Crippen molar-refractivity contribution in [2.75, 3.05) is 6.54 Å². The van der Waals surface area contributed by atoms with Crippen LogP contribution in [0.1, 0.15) is 27.0 Å². The van der Waals surface area contributed by atoms with Crippen LogP contribution in [-0.4, -0.2) is 31.8 Å². The molecule has 8 heteroatoms. The molecule has 0 radical (unpaired) electrons. The molecule has 1 N–H and O–H groups in total. The number of hydrogen-bond donors (Lipinski definition) is 1. The van der Waals surface area contributed by atoms with E-state index in [0.29, 0.717) is 41.8 Å². The average Bonchev–Trinajstić information content (AvgIpc) is 3.19. The molecule has 2 aromatic carbocycles. The highest BCUT2D eigenvalue weighted by molar-refractivity contribution is 5.94. The quantitative estimate of drug-likeness (QED) is 0.523. The number of rotatable bonds is 6. The van der Waals surface area contributed by atoms with Crippen LogP contribution in [0.3, 0.4) is 0 Å². The van der Waals surface area contributed by atoms with Gasteiger partial charge in [-0.25, -0.2) is 9.67 Å². The van der Waals surface area contributed by atoms with E-state index < -0.39 is 0 Å². The van der Waals surface area contributed by atoms with Gasteiger partial charge in [0.05, 0.1) is 30.9 Å². The van der Waals surface area contributed by atoms with E-state index in [0.717, 1.165) is 11.1 Å². The molecule has 154 valence electrons. The first-order valence-electron chi connectivity index (χ1n) is 9.80. The maximum Gasteiger partial charge on any atom is 0.264 e. The highest BCUT2D eigenvalue weighted by Crippen LogP contribution is 2.09. The number of aromatic nitrogens is 4. The molecule has 2 aromatic heterocycles. The SMILES string of the molecule is Cc1cccc(Cn2cnc3c(cnn3CCNC(=O)c3cccc(C#N)c3)c2=O)c1. The first kappa shape index (κ1) is 20.0. The van der Waals surface area contributed by atoms with Crippen LogP contribution in [0.5, 0.6) is 0 Å². The summed E-state index contributed by atoms with van der Waals surface area (Å²) in [5.41, 5.74) is 3.33. The highest BCUT2D eigenvalue weighted by atomic mass is 16.1. The predicted octanol–water partition coefficient (Wildman–Crippen LogP) is 2.25. The molecule has 0 aliphatic carbocycles. The van der Waals surface area contributed by atoms with Crippen LogP contribution in [0.2, 0.25) is 0 Å². The van der Waals surface area contributed by atoms with E-state index in [1.807, 2.05) is 37.3 Å². The van der Waals surface area contributed by atoms with Gasteiger partial charge in [-0.15, -0.1) is 0 Å². The molecule has 0 aliphatic rings. The van der Waals surface area contributed by atoms with E-state index in [4.69, 9.17) is 5.26 Å². The zero-order chi connectivity index (χ0) is 21.8. The molecule has 1 amide bonds. The van der Waals surface area contributed by atoms with Crippen LogP contribution in [0.25, 0.3) is 11.0 Å². The number of fused-ring (bicyclic) bond motifs is 1. The molecule has 0 aliphatic heterocycles. The van der Waals surface area contributed by atoms with Gasteiger partial charge < -0.3 is 5.32 Å². The van der Waals surface area contributed by atoms with Crippen LogP contribution in [0.4, 0.5) is 0 Å². The van der Waals surface area contributed by atoms with Crippen LogP contribution >= 0.6 is 0 Å². The van der Waals surface area contributed by atoms with Crippen LogP contribution in [0, 0.1) is 18.3 Å². The molecule has 0 unspecified atom stereocenters. The lowest BCUT2D eigenvalue weighted by Crippen LogP contribution is -2.27. The number of aryl methyl sites for hydroxylation is 1. The van der Waals surface area contributed by atoms with Gasteiger partial charge in [-0.3, -0.25) is 14.2 Å². The lowest BCUT2D eigenvalue weighted by Gasteiger charge is -2.08. The van der Waals surface area contributed by atoms with Gasteiger partial charge in [0.15, 0.2) is 5.65 Å². The molecule has 0 fully saturated rings. The molecule has 8 nitrogen and oxygen atoms in total. The molecular formula is C23H20N6O2. The van der Waals surface area contributed by atoms with Crippen LogP contribution < -0.4 is 10.9 Å². The van der Waals surface area contributed by atoms with Gasteiger partial charge in [0.1, 0.15) is 11.7 Å². The van der Waals surface area contributed by atoms with E-state index in [2.05, 4.69) is 15.4 Å². The van der Waals surface area contributed by atoms with Crippen molar-refractivity contribution in [2.45, 2.75) is 20.0 Å². The van der Waals surface area contributed by atoms with Crippen molar-refractivity contribution in [2.24, 2.45) is 0 Å². The fourth-order valence-electron chi connectivity index (χ4n) is 3.39. The molecular weight excluding hydrogens is 392 g/mol. The van der Waals surface area contributed by atoms with E-state index >= 15 is 0 Å². The molecule has 4 rings (SSSR count). The molecule has 2 heterocycles. The zero-order valence-corrected chi connectivity index (χ0v) is 16.9. The Morgan fingerprint density at radius 3 is 2.84 bits per heavy atom. The number of carbonyl (C=O) groups is 1. The van der Waals surface area contributed by atoms with Crippen molar-refractivity contribution in [1.29, 1.82) is 5.26 Å². The summed E-state index contributed by atoms with van der Waals surface area (Å²) in [5, 5.41) is 16.4. The fourth-order valence-corrected chi connectivity index (χ4v) is 3.39. The van der Waals surface area contributed by atoms with Crippen molar-refractivity contribution in [3.05, 3.63) is 93.7 Å². The van der Waals surface area contributed by atoms with E-state index in [9.17, 15) is 9.59 Å². The Kier molecular flexibility index (Phi) is 5.58. The van der Waals surface area contributed by atoms with E-state index in [-0.39, 0.29) is 11.5 Å². The van der Waals surface area contributed by atoms with Gasteiger partial charge >= 0.3 is 0 Å². The molecule has 4 aromatic rings. The molecule has 0 saturated heterocycles. The van der Waals surface area contributed by atoms with E-state index in [1.54, 1.807) is 27.4 Å².